The van der Waals surface area contributed by atoms with E-state index in [2.05, 4.69) is 24.1 Å². The Morgan fingerprint density at radius 3 is 2.38 bits per heavy atom. The van der Waals surface area contributed by atoms with Gasteiger partial charge in [0.25, 0.3) is 0 Å². The molecular formula is C18H36N2O. The first-order valence-corrected chi connectivity index (χ1v) is 8.90. The van der Waals surface area contributed by atoms with E-state index in [0.29, 0.717) is 6.04 Å². The molecule has 124 valence electrons. The summed E-state index contributed by atoms with van der Waals surface area (Å²) in [6, 6.07) is 0.337. The molecule has 3 heteroatoms. The number of nitrogens with zero attached hydrogens (tertiary/aromatic N) is 1. The van der Waals surface area contributed by atoms with Crippen LogP contribution in [0.25, 0.3) is 0 Å². The SMILES string of the molecule is CCCCC1CC(NC(=O)C(C)(C)C)CN(CCCC)C1. The van der Waals surface area contributed by atoms with Gasteiger partial charge in [0, 0.05) is 24.5 Å². The second kappa shape index (κ2) is 8.77. The molecule has 3 nitrogen and oxygen atoms in total. The molecule has 1 aliphatic rings. The van der Waals surface area contributed by atoms with E-state index in [4.69, 9.17) is 0 Å². The van der Waals surface area contributed by atoms with E-state index >= 15 is 0 Å². The van der Waals surface area contributed by atoms with Gasteiger partial charge in [-0.3, -0.25) is 4.79 Å². The van der Waals surface area contributed by atoms with Crippen LogP contribution in [0.2, 0.25) is 0 Å². The Hall–Kier alpha value is -0.570. The van der Waals surface area contributed by atoms with Crippen LogP contribution < -0.4 is 5.32 Å². The number of nitrogens with one attached hydrogen (secondary N) is 1. The molecule has 1 heterocycles. The summed E-state index contributed by atoms with van der Waals surface area (Å²) in [4.78, 5) is 14.8. The Morgan fingerprint density at radius 2 is 1.81 bits per heavy atom. The van der Waals surface area contributed by atoms with Crippen molar-refractivity contribution in [2.75, 3.05) is 19.6 Å². The lowest BCUT2D eigenvalue weighted by atomic mass is 9.88. The minimum atomic E-state index is -0.287. The third kappa shape index (κ3) is 6.82. The third-order valence-electron chi connectivity index (χ3n) is 4.42. The molecule has 1 aliphatic heterocycles. The van der Waals surface area contributed by atoms with E-state index in [1.165, 1.54) is 45.2 Å². The average molecular weight is 296 g/mol. The highest BCUT2D eigenvalue weighted by Crippen LogP contribution is 2.23. The summed E-state index contributed by atoms with van der Waals surface area (Å²) >= 11 is 0. The van der Waals surface area contributed by atoms with Crippen molar-refractivity contribution in [1.82, 2.24) is 10.2 Å². The van der Waals surface area contributed by atoms with Crippen molar-refractivity contribution in [1.29, 1.82) is 0 Å². The summed E-state index contributed by atoms with van der Waals surface area (Å²) in [7, 11) is 0. The number of carbonyl (C=O) groups is 1. The maximum Gasteiger partial charge on any atom is 0.225 e. The molecule has 0 radical (unpaired) electrons. The lowest BCUT2D eigenvalue weighted by Crippen LogP contribution is -2.53. The molecule has 1 saturated heterocycles. The Balaban J connectivity index is 2.57. The van der Waals surface area contributed by atoms with Crippen LogP contribution in [-0.4, -0.2) is 36.5 Å². The van der Waals surface area contributed by atoms with Crippen LogP contribution in [0.1, 0.15) is 73.1 Å². The summed E-state index contributed by atoms with van der Waals surface area (Å²) in [6.45, 7) is 13.9. The van der Waals surface area contributed by atoms with Gasteiger partial charge in [-0.2, -0.15) is 0 Å². The van der Waals surface area contributed by atoms with Crippen molar-refractivity contribution in [3.05, 3.63) is 0 Å². The Labute approximate surface area is 131 Å². The molecule has 1 amide bonds. The number of amides is 1. The number of unbranched alkanes of at least 4 members (excludes halogenated alkanes) is 2. The van der Waals surface area contributed by atoms with Gasteiger partial charge in [0.15, 0.2) is 0 Å². The van der Waals surface area contributed by atoms with Crippen LogP contribution in [0.3, 0.4) is 0 Å². The molecule has 0 aliphatic carbocycles. The smallest absolute Gasteiger partial charge is 0.225 e. The highest BCUT2D eigenvalue weighted by molar-refractivity contribution is 5.81. The van der Waals surface area contributed by atoms with E-state index in [-0.39, 0.29) is 11.3 Å². The molecule has 0 aromatic rings. The first-order chi connectivity index (χ1) is 9.86. The number of rotatable bonds is 7. The second-order valence-corrected chi connectivity index (χ2v) is 7.78. The van der Waals surface area contributed by atoms with Crippen molar-refractivity contribution in [2.24, 2.45) is 11.3 Å². The molecule has 21 heavy (non-hydrogen) atoms. The fourth-order valence-corrected chi connectivity index (χ4v) is 3.08. The zero-order valence-electron chi connectivity index (χ0n) is 14.9. The normalized spacial score (nSPS) is 24.0. The lowest BCUT2D eigenvalue weighted by molar-refractivity contribution is -0.129. The number of carbonyl (C=O) groups excluding carboxylic acids is 1. The standard InChI is InChI=1S/C18H36N2O/c1-6-8-10-15-12-16(19-17(21)18(3,4)5)14-20(13-15)11-9-7-2/h15-16H,6-14H2,1-5H3,(H,19,21). The van der Waals surface area contributed by atoms with Crippen LogP contribution in [0.5, 0.6) is 0 Å². The molecule has 0 bridgehead atoms. The van der Waals surface area contributed by atoms with Gasteiger partial charge in [-0.15, -0.1) is 0 Å². The Morgan fingerprint density at radius 1 is 1.14 bits per heavy atom. The topological polar surface area (TPSA) is 32.3 Å². The monoisotopic (exact) mass is 296 g/mol. The van der Waals surface area contributed by atoms with Gasteiger partial charge < -0.3 is 10.2 Å². The van der Waals surface area contributed by atoms with Gasteiger partial charge in [0.05, 0.1) is 0 Å². The van der Waals surface area contributed by atoms with Crippen LogP contribution in [0, 0.1) is 11.3 Å². The van der Waals surface area contributed by atoms with E-state index in [1.54, 1.807) is 0 Å². The number of hydrogen-bond acceptors (Lipinski definition) is 2. The first-order valence-electron chi connectivity index (χ1n) is 8.90. The molecule has 0 aromatic heterocycles. The zero-order valence-corrected chi connectivity index (χ0v) is 14.9. The maximum atomic E-state index is 12.2. The van der Waals surface area contributed by atoms with Crippen LogP contribution in [0.15, 0.2) is 0 Å². The molecule has 1 rings (SSSR count). The highest BCUT2D eigenvalue weighted by atomic mass is 16.2. The molecule has 2 atom stereocenters. The first kappa shape index (κ1) is 18.5. The van der Waals surface area contributed by atoms with Gasteiger partial charge in [-0.25, -0.2) is 0 Å². The predicted octanol–water partition coefficient (Wildman–Crippen LogP) is 3.83. The molecule has 1 N–H and O–H groups in total. The summed E-state index contributed by atoms with van der Waals surface area (Å²) in [5.74, 6) is 0.944. The quantitative estimate of drug-likeness (QED) is 0.774. The van der Waals surface area contributed by atoms with Gasteiger partial charge in [-0.1, -0.05) is 53.9 Å². The summed E-state index contributed by atoms with van der Waals surface area (Å²) < 4.78 is 0. The van der Waals surface area contributed by atoms with Crippen molar-refractivity contribution in [3.8, 4) is 0 Å². The van der Waals surface area contributed by atoms with E-state index < -0.39 is 0 Å². The molecular weight excluding hydrogens is 260 g/mol. The summed E-state index contributed by atoms with van der Waals surface area (Å²) in [6.07, 6.45) is 7.55. The van der Waals surface area contributed by atoms with Gasteiger partial charge in [-0.05, 0) is 31.7 Å². The maximum absolute atomic E-state index is 12.2. The van der Waals surface area contributed by atoms with Gasteiger partial charge >= 0.3 is 0 Å². The predicted molar refractivity (Wildman–Crippen MR) is 90.4 cm³/mol. The van der Waals surface area contributed by atoms with Crippen molar-refractivity contribution in [2.45, 2.75) is 79.2 Å². The average Bonchev–Trinajstić information content (AvgIpc) is 2.41. The molecule has 0 saturated carbocycles. The largest absolute Gasteiger partial charge is 0.352 e. The lowest BCUT2D eigenvalue weighted by Gasteiger charge is -2.39. The van der Waals surface area contributed by atoms with Crippen molar-refractivity contribution < 1.29 is 4.79 Å². The number of piperidine rings is 1. The van der Waals surface area contributed by atoms with Crippen LogP contribution in [0.4, 0.5) is 0 Å². The summed E-state index contributed by atoms with van der Waals surface area (Å²) in [5.41, 5.74) is -0.287. The number of hydrogen-bond donors (Lipinski definition) is 1. The second-order valence-electron chi connectivity index (χ2n) is 7.78. The van der Waals surface area contributed by atoms with Crippen LogP contribution in [-0.2, 0) is 4.79 Å². The van der Waals surface area contributed by atoms with Gasteiger partial charge in [0.2, 0.25) is 5.91 Å². The number of likely N-dealkylation sites (tertiary alicyclic amines) is 1. The van der Waals surface area contributed by atoms with Gasteiger partial charge in [0.1, 0.15) is 0 Å². The Bertz CT molecular complexity index is 293. The zero-order chi connectivity index (χ0) is 15.9. The highest BCUT2D eigenvalue weighted by Gasteiger charge is 2.30. The van der Waals surface area contributed by atoms with Crippen LogP contribution >= 0.6 is 0 Å². The fraction of sp³-hybridized carbons (Fsp3) is 0.944. The molecule has 0 spiro atoms. The fourth-order valence-electron chi connectivity index (χ4n) is 3.08. The molecule has 2 unspecified atom stereocenters. The molecule has 0 aromatic carbocycles. The minimum absolute atomic E-state index is 0.194. The Kier molecular flexibility index (Phi) is 7.72. The molecule has 1 fully saturated rings. The summed E-state index contributed by atoms with van der Waals surface area (Å²) in [5, 5.41) is 3.29. The van der Waals surface area contributed by atoms with Crippen molar-refractivity contribution in [3.63, 3.8) is 0 Å². The minimum Gasteiger partial charge on any atom is -0.352 e. The third-order valence-corrected chi connectivity index (χ3v) is 4.42. The van der Waals surface area contributed by atoms with E-state index in [9.17, 15) is 4.79 Å². The van der Waals surface area contributed by atoms with E-state index in [0.717, 1.165) is 18.9 Å². The van der Waals surface area contributed by atoms with E-state index in [1.807, 2.05) is 20.8 Å². The van der Waals surface area contributed by atoms with Crippen molar-refractivity contribution >= 4 is 5.91 Å².